The average molecular weight is 274 g/mol. The van der Waals surface area contributed by atoms with Crippen LogP contribution in [0.1, 0.15) is 0 Å². The summed E-state index contributed by atoms with van der Waals surface area (Å²) < 4.78 is 12.5. The first-order valence-corrected chi connectivity index (χ1v) is 5.05. The van der Waals surface area contributed by atoms with Crippen LogP contribution in [-0.2, 0) is 9.09 Å². The van der Waals surface area contributed by atoms with E-state index >= 15 is 0 Å². The third-order valence-electron chi connectivity index (χ3n) is 0.396. The Bertz CT molecular complexity index is 150. The normalized spacial score (nSPS) is 13.7. The molecule has 0 amide bonds. The Morgan fingerprint density at radius 2 is 2.00 bits per heavy atom. The molecule has 0 aliphatic rings. The maximum atomic E-state index is 10.0. The monoisotopic (exact) mass is 272 g/mol. The second-order valence-corrected chi connectivity index (χ2v) is 6.37. The van der Waals surface area contributed by atoms with Crippen molar-refractivity contribution in [1.82, 2.24) is 0 Å². The van der Waals surface area contributed by atoms with Gasteiger partial charge in [-0.1, -0.05) is 23.2 Å². The smallest absolute Gasteiger partial charge is 0.303 e. The highest BCUT2D eigenvalue weighted by atomic mass is 79.9. The van der Waals surface area contributed by atoms with Crippen molar-refractivity contribution in [2.75, 3.05) is 6.61 Å². The van der Waals surface area contributed by atoms with Gasteiger partial charge < -0.3 is 9.79 Å². The van der Waals surface area contributed by atoms with Gasteiger partial charge in [-0.2, -0.15) is 0 Å². The van der Waals surface area contributed by atoms with E-state index in [9.17, 15) is 4.57 Å². The van der Waals surface area contributed by atoms with Crippen molar-refractivity contribution in [1.29, 1.82) is 0 Å². The van der Waals surface area contributed by atoms with Crippen LogP contribution in [0.5, 0.6) is 0 Å². The largest absolute Gasteiger partial charge is 0.469 e. The maximum absolute atomic E-state index is 10.0. The molecular formula is C2H4BrCl2O4P. The van der Waals surface area contributed by atoms with E-state index in [-0.39, 0.29) is 0 Å². The van der Waals surface area contributed by atoms with Crippen molar-refractivity contribution in [3.05, 3.63) is 0 Å². The molecule has 0 unspecified atom stereocenters. The molecule has 0 saturated heterocycles. The lowest BCUT2D eigenvalue weighted by Crippen LogP contribution is -2.10. The van der Waals surface area contributed by atoms with E-state index in [0.717, 1.165) is 0 Å². The lowest BCUT2D eigenvalue weighted by Gasteiger charge is -2.11. The molecule has 0 saturated carbocycles. The van der Waals surface area contributed by atoms with Crippen LogP contribution in [-0.4, -0.2) is 19.6 Å². The van der Waals surface area contributed by atoms with E-state index in [2.05, 4.69) is 20.5 Å². The number of halogens is 3. The molecule has 0 aliphatic heterocycles. The van der Waals surface area contributed by atoms with Crippen molar-refractivity contribution in [2.45, 2.75) is 3.24 Å². The number of phosphoric ester groups is 1. The standard InChI is InChI=1S/C2H4BrCl2O4P/c3-2(4,5)1-9-10(6,7)8/h1H2,(H2,6,7,8). The Kier molecular flexibility index (Phi) is 4.15. The first-order chi connectivity index (χ1) is 4.21. The van der Waals surface area contributed by atoms with Crippen LogP contribution in [0.15, 0.2) is 0 Å². The molecule has 0 rings (SSSR count). The predicted molar refractivity (Wildman–Crippen MR) is 41.4 cm³/mol. The number of hydrogen-bond acceptors (Lipinski definition) is 2. The molecule has 0 spiro atoms. The summed E-state index contributed by atoms with van der Waals surface area (Å²) in [5, 5.41) is 0. The summed E-state index contributed by atoms with van der Waals surface area (Å²) in [7, 11) is -4.46. The minimum Gasteiger partial charge on any atom is -0.303 e. The van der Waals surface area contributed by atoms with Gasteiger partial charge in [-0.15, -0.1) is 0 Å². The predicted octanol–water partition coefficient (Wildman–Crippen LogP) is 1.62. The summed E-state index contributed by atoms with van der Waals surface area (Å²) in [6.45, 7) is -0.486. The molecule has 0 fully saturated rings. The van der Waals surface area contributed by atoms with Crippen LogP contribution in [0, 0.1) is 0 Å². The number of alkyl halides is 3. The zero-order valence-corrected chi connectivity index (χ0v) is 8.49. The Morgan fingerprint density at radius 1 is 1.60 bits per heavy atom. The third kappa shape index (κ3) is 9.17. The Hall–Kier alpha value is 1.17. The molecule has 0 radical (unpaired) electrons. The summed E-state index contributed by atoms with van der Waals surface area (Å²) in [6, 6.07) is 0. The highest BCUT2D eigenvalue weighted by Gasteiger charge is 2.25. The molecular weight excluding hydrogens is 270 g/mol. The van der Waals surface area contributed by atoms with Gasteiger partial charge in [0.1, 0.15) is 6.61 Å². The quantitative estimate of drug-likeness (QED) is 0.606. The topological polar surface area (TPSA) is 66.8 Å². The minimum atomic E-state index is -4.46. The first-order valence-electron chi connectivity index (χ1n) is 1.97. The Balaban J connectivity index is 3.67. The van der Waals surface area contributed by atoms with Gasteiger partial charge in [-0.3, -0.25) is 4.52 Å². The molecule has 62 valence electrons. The molecule has 10 heavy (non-hydrogen) atoms. The second kappa shape index (κ2) is 3.72. The molecule has 2 N–H and O–H groups in total. The van der Waals surface area contributed by atoms with Crippen LogP contribution >= 0.6 is 47.0 Å². The van der Waals surface area contributed by atoms with E-state index in [1.165, 1.54) is 0 Å². The van der Waals surface area contributed by atoms with Gasteiger partial charge in [0.25, 0.3) is 0 Å². The lowest BCUT2D eigenvalue weighted by molar-refractivity contribution is 0.202. The summed E-state index contributed by atoms with van der Waals surface area (Å²) in [5.41, 5.74) is 0. The van der Waals surface area contributed by atoms with Crippen molar-refractivity contribution < 1.29 is 18.9 Å². The fourth-order valence-electron chi connectivity index (χ4n) is 0.157. The van der Waals surface area contributed by atoms with Gasteiger partial charge in [-0.25, -0.2) is 4.57 Å². The fourth-order valence-corrected chi connectivity index (χ4v) is 1.07. The first kappa shape index (κ1) is 11.2. The summed E-state index contributed by atoms with van der Waals surface area (Å²) in [5.74, 6) is 0. The molecule has 0 heterocycles. The molecule has 8 heteroatoms. The van der Waals surface area contributed by atoms with Gasteiger partial charge in [0.05, 0.1) is 0 Å². The Labute approximate surface area is 75.8 Å². The highest BCUT2D eigenvalue weighted by Crippen LogP contribution is 2.40. The molecule has 0 aromatic carbocycles. The van der Waals surface area contributed by atoms with E-state index in [4.69, 9.17) is 33.0 Å². The zero-order chi connectivity index (χ0) is 8.41. The van der Waals surface area contributed by atoms with Crippen molar-refractivity contribution in [3.63, 3.8) is 0 Å². The SMILES string of the molecule is O=P(O)(O)OCC(Cl)(Cl)Br. The van der Waals surface area contributed by atoms with Gasteiger partial charge in [0.15, 0.2) is 3.24 Å². The number of phosphoric acid groups is 1. The molecule has 0 aromatic rings. The minimum absolute atomic E-state index is 0.486. The van der Waals surface area contributed by atoms with Gasteiger partial charge in [0.2, 0.25) is 0 Å². The zero-order valence-electron chi connectivity index (χ0n) is 4.50. The van der Waals surface area contributed by atoms with E-state index in [1.807, 2.05) is 0 Å². The number of rotatable bonds is 3. The fraction of sp³-hybridized carbons (Fsp3) is 1.00. The number of hydrogen-bond donors (Lipinski definition) is 2. The molecule has 0 bridgehead atoms. The van der Waals surface area contributed by atoms with E-state index in [0.29, 0.717) is 0 Å². The van der Waals surface area contributed by atoms with Crippen LogP contribution in [0.4, 0.5) is 0 Å². The van der Waals surface area contributed by atoms with Crippen LogP contribution in [0.25, 0.3) is 0 Å². The van der Waals surface area contributed by atoms with Crippen LogP contribution in [0.2, 0.25) is 0 Å². The second-order valence-electron chi connectivity index (χ2n) is 1.38. The molecule has 4 nitrogen and oxygen atoms in total. The summed E-state index contributed by atoms with van der Waals surface area (Å²) >= 11 is 13.2. The third-order valence-corrected chi connectivity index (χ3v) is 1.31. The van der Waals surface area contributed by atoms with E-state index in [1.54, 1.807) is 0 Å². The van der Waals surface area contributed by atoms with Gasteiger partial charge in [-0.05, 0) is 15.9 Å². The van der Waals surface area contributed by atoms with Crippen LogP contribution < -0.4 is 0 Å². The van der Waals surface area contributed by atoms with Crippen molar-refractivity contribution >= 4 is 47.0 Å². The molecule has 0 atom stereocenters. The van der Waals surface area contributed by atoms with Gasteiger partial charge in [0, 0.05) is 0 Å². The highest BCUT2D eigenvalue weighted by molar-refractivity contribution is 9.11. The lowest BCUT2D eigenvalue weighted by atomic mass is 10.9. The summed E-state index contributed by atoms with van der Waals surface area (Å²) in [4.78, 5) is 16.3. The molecule has 0 aliphatic carbocycles. The maximum Gasteiger partial charge on any atom is 0.469 e. The summed E-state index contributed by atoms with van der Waals surface area (Å²) in [6.07, 6.45) is 0. The van der Waals surface area contributed by atoms with Crippen LogP contribution in [0.3, 0.4) is 0 Å². The average Bonchev–Trinajstić information content (AvgIpc) is 1.57. The van der Waals surface area contributed by atoms with Gasteiger partial charge >= 0.3 is 7.82 Å². The van der Waals surface area contributed by atoms with Crippen molar-refractivity contribution in [3.8, 4) is 0 Å². The van der Waals surface area contributed by atoms with Crippen molar-refractivity contribution in [2.24, 2.45) is 0 Å². The Morgan fingerprint density at radius 3 is 2.10 bits per heavy atom. The molecule has 0 aromatic heterocycles. The van der Waals surface area contributed by atoms with E-state index < -0.39 is 17.7 Å².